The van der Waals surface area contributed by atoms with Crippen molar-refractivity contribution in [1.29, 1.82) is 0 Å². The van der Waals surface area contributed by atoms with Gasteiger partial charge in [-0.3, -0.25) is 0 Å². The zero-order valence-electron chi connectivity index (χ0n) is 20.3. The SMILES string of the molecule is O=S(=O)(N1CCC(Nc2ncc3cccc(N4CC5(CNCCC5(F)F)C4)c3n2)CC1)C1(C(F)F)CC1. The zero-order valence-corrected chi connectivity index (χ0v) is 21.1. The van der Waals surface area contributed by atoms with Gasteiger partial charge in [-0.05, 0) is 31.7 Å². The first-order valence-corrected chi connectivity index (χ1v) is 14.1. The van der Waals surface area contributed by atoms with Crippen LogP contribution in [0.4, 0.5) is 29.2 Å². The van der Waals surface area contributed by atoms with Gasteiger partial charge in [-0.25, -0.2) is 40.3 Å². The molecule has 4 aliphatic rings. The number of piperidine rings is 2. The summed E-state index contributed by atoms with van der Waals surface area (Å²) in [6, 6.07) is 5.49. The van der Waals surface area contributed by atoms with E-state index in [-0.39, 0.29) is 58.0 Å². The van der Waals surface area contributed by atoms with Gasteiger partial charge in [0.15, 0.2) is 0 Å². The van der Waals surface area contributed by atoms with Crippen molar-refractivity contribution >= 4 is 32.6 Å². The maximum Gasteiger partial charge on any atom is 0.259 e. The summed E-state index contributed by atoms with van der Waals surface area (Å²) in [5.74, 6) is -2.34. The van der Waals surface area contributed by atoms with Gasteiger partial charge in [0.1, 0.15) is 4.75 Å². The van der Waals surface area contributed by atoms with Gasteiger partial charge in [-0.15, -0.1) is 0 Å². The number of hydrogen-bond donors (Lipinski definition) is 2. The van der Waals surface area contributed by atoms with Gasteiger partial charge in [0.25, 0.3) is 12.3 Å². The number of aromatic nitrogens is 2. The highest BCUT2D eigenvalue weighted by atomic mass is 32.2. The molecule has 0 radical (unpaired) electrons. The molecule has 202 valence electrons. The molecule has 3 aliphatic heterocycles. The van der Waals surface area contributed by atoms with Crippen molar-refractivity contribution in [3.05, 3.63) is 24.4 Å². The first-order chi connectivity index (χ1) is 17.6. The van der Waals surface area contributed by atoms with Crippen LogP contribution in [0.2, 0.25) is 0 Å². The summed E-state index contributed by atoms with van der Waals surface area (Å²) in [7, 11) is -4.05. The molecule has 0 atom stereocenters. The smallest absolute Gasteiger partial charge is 0.259 e. The van der Waals surface area contributed by atoms with Crippen molar-refractivity contribution < 1.29 is 26.0 Å². The summed E-state index contributed by atoms with van der Waals surface area (Å²) in [4.78, 5) is 11.0. The van der Waals surface area contributed by atoms with E-state index >= 15 is 0 Å². The van der Waals surface area contributed by atoms with E-state index in [4.69, 9.17) is 0 Å². The Morgan fingerprint density at radius 3 is 2.49 bits per heavy atom. The Morgan fingerprint density at radius 1 is 1.11 bits per heavy atom. The third kappa shape index (κ3) is 3.95. The minimum Gasteiger partial charge on any atom is -0.368 e. The number of para-hydroxylation sites is 1. The van der Waals surface area contributed by atoms with Crippen LogP contribution in [0.15, 0.2) is 24.4 Å². The number of sulfonamides is 1. The van der Waals surface area contributed by atoms with Gasteiger partial charge in [-0.1, -0.05) is 12.1 Å². The predicted octanol–water partition coefficient (Wildman–Crippen LogP) is 3.07. The molecule has 8 nitrogen and oxygen atoms in total. The van der Waals surface area contributed by atoms with Crippen LogP contribution in [-0.2, 0) is 10.0 Å². The maximum atomic E-state index is 14.7. The Bertz CT molecular complexity index is 1290. The molecule has 2 aromatic rings. The van der Waals surface area contributed by atoms with Crippen LogP contribution >= 0.6 is 0 Å². The molecule has 6 rings (SSSR count). The molecule has 0 amide bonds. The summed E-state index contributed by atoms with van der Waals surface area (Å²) < 4.78 is 80.9. The van der Waals surface area contributed by atoms with Gasteiger partial charge < -0.3 is 15.5 Å². The van der Waals surface area contributed by atoms with Crippen LogP contribution in [0, 0.1) is 5.41 Å². The third-order valence-corrected chi connectivity index (χ3v) is 11.2. The molecule has 4 heterocycles. The van der Waals surface area contributed by atoms with E-state index < -0.39 is 32.5 Å². The minimum absolute atomic E-state index is 0.00470. The van der Waals surface area contributed by atoms with Gasteiger partial charge in [0.2, 0.25) is 16.0 Å². The highest BCUT2D eigenvalue weighted by Gasteiger charge is 2.64. The molecule has 13 heteroatoms. The van der Waals surface area contributed by atoms with E-state index in [1.165, 1.54) is 4.31 Å². The lowest BCUT2D eigenvalue weighted by molar-refractivity contribution is -0.153. The average Bonchev–Trinajstić information content (AvgIpc) is 3.66. The van der Waals surface area contributed by atoms with Crippen LogP contribution in [0.25, 0.3) is 10.9 Å². The van der Waals surface area contributed by atoms with Gasteiger partial charge in [0.05, 0.1) is 16.6 Å². The largest absolute Gasteiger partial charge is 0.368 e. The van der Waals surface area contributed by atoms with Crippen molar-refractivity contribution in [2.24, 2.45) is 5.41 Å². The first-order valence-electron chi connectivity index (χ1n) is 12.7. The summed E-state index contributed by atoms with van der Waals surface area (Å²) in [5.41, 5.74) is 0.367. The number of hydrogen-bond acceptors (Lipinski definition) is 7. The predicted molar refractivity (Wildman–Crippen MR) is 132 cm³/mol. The Hall–Kier alpha value is -2.25. The maximum absolute atomic E-state index is 14.7. The molecule has 3 saturated heterocycles. The Balaban J connectivity index is 1.14. The van der Waals surface area contributed by atoms with Crippen molar-refractivity contribution in [2.45, 2.75) is 55.2 Å². The Morgan fingerprint density at radius 2 is 1.84 bits per heavy atom. The molecule has 1 aliphatic carbocycles. The lowest BCUT2D eigenvalue weighted by Crippen LogP contribution is -2.71. The fourth-order valence-electron chi connectivity index (χ4n) is 5.92. The fourth-order valence-corrected chi connectivity index (χ4v) is 7.97. The summed E-state index contributed by atoms with van der Waals surface area (Å²) in [6.07, 6.45) is -0.461. The number of anilines is 2. The number of halogens is 4. The lowest BCUT2D eigenvalue weighted by Gasteiger charge is -2.56. The third-order valence-electron chi connectivity index (χ3n) is 8.55. The summed E-state index contributed by atoms with van der Waals surface area (Å²) in [5, 5.41) is 7.15. The molecular formula is C24H30F4N6O2S. The van der Waals surface area contributed by atoms with Crippen molar-refractivity contribution in [3.8, 4) is 0 Å². The van der Waals surface area contributed by atoms with Gasteiger partial charge >= 0.3 is 0 Å². The molecule has 2 N–H and O–H groups in total. The second kappa shape index (κ2) is 8.63. The zero-order chi connectivity index (χ0) is 26.1. The van der Waals surface area contributed by atoms with Crippen molar-refractivity contribution in [3.63, 3.8) is 0 Å². The van der Waals surface area contributed by atoms with Crippen LogP contribution in [0.1, 0.15) is 32.1 Å². The van der Waals surface area contributed by atoms with Gasteiger partial charge in [0, 0.05) is 63.3 Å². The lowest BCUT2D eigenvalue weighted by atomic mass is 9.70. The number of alkyl halides is 4. The molecule has 0 bridgehead atoms. The molecule has 1 saturated carbocycles. The number of rotatable bonds is 6. The fraction of sp³-hybridized carbons (Fsp3) is 0.667. The van der Waals surface area contributed by atoms with Crippen LogP contribution in [0.3, 0.4) is 0 Å². The van der Waals surface area contributed by atoms with E-state index in [0.29, 0.717) is 30.9 Å². The van der Waals surface area contributed by atoms with Crippen LogP contribution < -0.4 is 15.5 Å². The topological polar surface area (TPSA) is 90.5 Å². The summed E-state index contributed by atoms with van der Waals surface area (Å²) >= 11 is 0. The number of benzene rings is 1. The van der Waals surface area contributed by atoms with Crippen LogP contribution in [0.5, 0.6) is 0 Å². The Kier molecular flexibility index (Phi) is 5.85. The molecular weight excluding hydrogens is 512 g/mol. The number of nitrogens with zero attached hydrogens (tertiary/aromatic N) is 4. The van der Waals surface area contributed by atoms with E-state index in [1.807, 2.05) is 23.1 Å². The highest BCUT2D eigenvalue weighted by molar-refractivity contribution is 7.90. The standard InChI is InChI=1S/C24H30F4N6O2S/c25-20(26)23(6-7-23)37(35,36)34-10-4-17(5-11-34)31-21-30-12-16-2-1-3-18(19(16)32-21)33-14-22(15-33)13-29-9-8-24(22,27)28/h1-3,12,17,20,29H,4-11,13-15H2,(H,30,31,32). The summed E-state index contributed by atoms with van der Waals surface area (Å²) in [6.45, 7) is 1.41. The highest BCUT2D eigenvalue weighted by Crippen LogP contribution is 2.51. The Labute approximate surface area is 212 Å². The first kappa shape index (κ1) is 25.1. The number of fused-ring (bicyclic) bond motifs is 1. The van der Waals surface area contributed by atoms with Gasteiger partial charge in [-0.2, -0.15) is 0 Å². The molecule has 0 unspecified atom stereocenters. The molecule has 37 heavy (non-hydrogen) atoms. The molecule has 4 fully saturated rings. The second-order valence-corrected chi connectivity index (χ2v) is 13.1. The van der Waals surface area contributed by atoms with E-state index in [2.05, 4.69) is 20.6 Å². The quantitative estimate of drug-likeness (QED) is 0.543. The van der Waals surface area contributed by atoms with E-state index in [9.17, 15) is 26.0 Å². The monoisotopic (exact) mass is 542 g/mol. The number of nitrogens with one attached hydrogen (secondary N) is 2. The van der Waals surface area contributed by atoms with E-state index in [1.54, 1.807) is 6.20 Å². The van der Waals surface area contributed by atoms with Crippen molar-refractivity contribution in [1.82, 2.24) is 19.6 Å². The molecule has 1 aromatic carbocycles. The normalized spacial score (nSPS) is 25.4. The van der Waals surface area contributed by atoms with E-state index in [0.717, 1.165) is 11.1 Å². The molecule has 1 spiro atoms. The van der Waals surface area contributed by atoms with Crippen LogP contribution in [-0.4, -0.2) is 85.1 Å². The average molecular weight is 543 g/mol. The minimum atomic E-state index is -4.05. The van der Waals surface area contributed by atoms with Crippen molar-refractivity contribution in [2.75, 3.05) is 49.5 Å². The molecule has 1 aromatic heterocycles. The second-order valence-electron chi connectivity index (χ2n) is 10.9.